The summed E-state index contributed by atoms with van der Waals surface area (Å²) < 4.78 is 4.53. The predicted octanol–water partition coefficient (Wildman–Crippen LogP) is 9.25. The van der Waals surface area contributed by atoms with Gasteiger partial charge in [0.25, 0.3) is 22.9 Å². The third-order valence-corrected chi connectivity index (χ3v) is 15.7. The number of amides is 2. The molecule has 0 unspecified atom stereocenters. The fraction of sp³-hybridized carbons (Fsp3) is 0.387. The van der Waals surface area contributed by atoms with E-state index < -0.39 is 0 Å². The van der Waals surface area contributed by atoms with Crippen LogP contribution >= 0.6 is 0 Å². The average Bonchev–Trinajstić information content (AvgIpc) is 4.11. The molecule has 2 atom stereocenters. The number of aromatic amines is 2. The molecule has 0 bridgehead atoms. The number of carbonyl (C=O) groups excluding carboxylic acids is 2. The minimum absolute atomic E-state index is 0.165. The Morgan fingerprint density at radius 3 is 1.26 bits per heavy atom. The quantitative estimate of drug-likeness (QED) is 0.0613. The number of H-pyrrole nitrogens is 2. The van der Waals surface area contributed by atoms with Gasteiger partial charge in [-0.2, -0.15) is 0 Å². The van der Waals surface area contributed by atoms with Crippen molar-refractivity contribution in [1.29, 1.82) is 0 Å². The van der Waals surface area contributed by atoms with E-state index in [0.717, 1.165) is 155 Å². The van der Waals surface area contributed by atoms with Gasteiger partial charge < -0.3 is 50.2 Å². The molecular formula is C62H76N12O4. The van der Waals surface area contributed by atoms with Gasteiger partial charge in [0.2, 0.25) is 0 Å². The first kappa shape index (κ1) is 55.0. The number of piperazine rings is 2. The van der Waals surface area contributed by atoms with Crippen LogP contribution in [0.4, 0.5) is 11.6 Å². The molecule has 2 amide bonds. The zero-order valence-electron chi connectivity index (χ0n) is 47.0. The minimum atomic E-state index is -0.198. The molecule has 6 N–H and O–H groups in total. The summed E-state index contributed by atoms with van der Waals surface area (Å²) in [6.45, 7) is 28.3. The van der Waals surface area contributed by atoms with E-state index in [0.29, 0.717) is 22.3 Å². The normalized spacial score (nSPS) is 14.5. The van der Waals surface area contributed by atoms with Crippen molar-refractivity contribution < 1.29 is 9.59 Å². The van der Waals surface area contributed by atoms with Crippen LogP contribution in [0.2, 0.25) is 0 Å². The second-order valence-electron chi connectivity index (χ2n) is 21.3. The van der Waals surface area contributed by atoms with Gasteiger partial charge in [-0.05, 0) is 162 Å². The lowest BCUT2D eigenvalue weighted by atomic mass is 9.98. The van der Waals surface area contributed by atoms with Crippen molar-refractivity contribution in [3.63, 3.8) is 0 Å². The van der Waals surface area contributed by atoms with Crippen molar-refractivity contribution in [3.05, 3.63) is 162 Å². The second kappa shape index (κ2) is 23.8. The highest BCUT2D eigenvalue weighted by Gasteiger charge is 2.23. The van der Waals surface area contributed by atoms with E-state index in [1.165, 1.54) is 0 Å². The smallest absolute Gasteiger partial charge is 0.253 e. The number of anilines is 2. The van der Waals surface area contributed by atoms with Crippen molar-refractivity contribution in [2.75, 3.05) is 62.2 Å². The summed E-state index contributed by atoms with van der Waals surface area (Å²) in [6, 6.07) is 21.0. The highest BCUT2D eigenvalue weighted by atomic mass is 16.2. The molecule has 0 aliphatic carbocycles. The van der Waals surface area contributed by atoms with Crippen molar-refractivity contribution in [1.82, 2.24) is 50.3 Å². The first-order valence-electron chi connectivity index (χ1n) is 27.6. The molecule has 2 aromatic carbocycles. The molecule has 10 rings (SSSR count). The van der Waals surface area contributed by atoms with Crippen LogP contribution in [0.25, 0.3) is 44.1 Å². The molecule has 2 aliphatic rings. The summed E-state index contributed by atoms with van der Waals surface area (Å²) in [6.07, 6.45) is 10.0. The fourth-order valence-electron chi connectivity index (χ4n) is 11.0. The van der Waals surface area contributed by atoms with Crippen molar-refractivity contribution in [3.8, 4) is 22.3 Å². The maximum Gasteiger partial charge on any atom is 0.253 e. The number of aromatic nitrogens is 6. The lowest BCUT2D eigenvalue weighted by Crippen LogP contribution is -2.43. The van der Waals surface area contributed by atoms with Gasteiger partial charge in [-0.25, -0.2) is 9.97 Å². The van der Waals surface area contributed by atoms with E-state index in [-0.39, 0.29) is 48.1 Å². The minimum Gasteiger partial charge on any atom is -0.354 e. The number of carbonyl (C=O) groups is 2. The van der Waals surface area contributed by atoms with E-state index in [9.17, 15) is 19.2 Å². The molecular weight excluding hydrogens is 977 g/mol. The molecule has 2 saturated heterocycles. The van der Waals surface area contributed by atoms with E-state index in [1.54, 1.807) is 0 Å². The highest BCUT2D eigenvalue weighted by molar-refractivity contribution is 6.10. The van der Waals surface area contributed by atoms with Crippen LogP contribution in [0.3, 0.4) is 0 Å². The van der Waals surface area contributed by atoms with Crippen molar-refractivity contribution >= 4 is 45.3 Å². The number of fused-ring (bicyclic) bond motifs is 2. The summed E-state index contributed by atoms with van der Waals surface area (Å²) in [5.41, 5.74) is 13.3. The van der Waals surface area contributed by atoms with Gasteiger partial charge in [0.05, 0.1) is 0 Å². The van der Waals surface area contributed by atoms with Crippen LogP contribution in [0.15, 0.2) is 95.0 Å². The average molecular weight is 1050 g/mol. The Morgan fingerprint density at radius 1 is 0.538 bits per heavy atom. The van der Waals surface area contributed by atoms with Crippen LogP contribution in [0.5, 0.6) is 0 Å². The third kappa shape index (κ3) is 11.7. The molecule has 0 radical (unpaired) electrons. The highest BCUT2D eigenvalue weighted by Crippen LogP contribution is 2.36. The maximum atomic E-state index is 13.7. The molecule has 16 heteroatoms. The SMILES string of the molecule is CC[C@H](C)n1cc(C)c2c(C(=O)NCc3c(C)cc(C)[nH]c3=O)cc(-c3ccc(N4CCNCC4)nc3)cc21.CC[C@H](C)n1cc(C)c2c(C(=O)NCc3c(C)cc(C)[nH]c3=O)cc(-c3ccc(N4CCNCC4)nc3)cc21. The Hall–Kier alpha value is -7.82. The van der Waals surface area contributed by atoms with Gasteiger partial charge in [-0.15, -0.1) is 0 Å². The maximum absolute atomic E-state index is 13.7. The number of hydrogen-bond donors (Lipinski definition) is 6. The Labute approximate surface area is 457 Å². The number of nitrogens with one attached hydrogen (secondary N) is 6. The largest absolute Gasteiger partial charge is 0.354 e. The number of nitrogens with zero attached hydrogens (tertiary/aromatic N) is 6. The van der Waals surface area contributed by atoms with Gasteiger partial charge in [-0.3, -0.25) is 19.2 Å². The molecule has 0 spiro atoms. The van der Waals surface area contributed by atoms with E-state index >= 15 is 0 Å². The number of hydrogen-bond acceptors (Lipinski definition) is 10. The monoisotopic (exact) mass is 1050 g/mol. The van der Waals surface area contributed by atoms with Gasteiger partial charge in [-0.1, -0.05) is 13.8 Å². The topological polar surface area (TPSA) is 190 Å². The van der Waals surface area contributed by atoms with Crippen LogP contribution < -0.4 is 42.2 Å². The molecule has 8 aromatic rings. The summed E-state index contributed by atoms with van der Waals surface area (Å²) in [4.78, 5) is 72.3. The zero-order chi connectivity index (χ0) is 55.4. The van der Waals surface area contributed by atoms with Crippen molar-refractivity contribution in [2.24, 2.45) is 0 Å². The Balaban J connectivity index is 0.000000190. The fourth-order valence-corrected chi connectivity index (χ4v) is 11.0. The molecule has 6 aromatic heterocycles. The lowest BCUT2D eigenvalue weighted by Gasteiger charge is -2.28. The second-order valence-corrected chi connectivity index (χ2v) is 21.3. The van der Waals surface area contributed by atoms with Crippen LogP contribution in [-0.2, 0) is 13.1 Å². The van der Waals surface area contributed by atoms with E-state index in [1.807, 2.05) is 64.4 Å². The Morgan fingerprint density at radius 2 is 0.923 bits per heavy atom. The van der Waals surface area contributed by atoms with Crippen LogP contribution in [0, 0.1) is 41.5 Å². The molecule has 8 heterocycles. The number of rotatable bonds is 14. The molecule has 16 nitrogen and oxygen atoms in total. The lowest BCUT2D eigenvalue weighted by molar-refractivity contribution is 0.0944. The number of benzene rings is 2. The molecule has 2 fully saturated rings. The number of pyridine rings is 4. The van der Waals surface area contributed by atoms with E-state index in [4.69, 9.17) is 9.97 Å². The summed E-state index contributed by atoms with van der Waals surface area (Å²) in [5.74, 6) is 1.54. The van der Waals surface area contributed by atoms with Gasteiger partial charge in [0.1, 0.15) is 11.6 Å². The Kier molecular flexibility index (Phi) is 16.8. The third-order valence-electron chi connectivity index (χ3n) is 15.7. The molecule has 2 aliphatic heterocycles. The predicted molar refractivity (Wildman–Crippen MR) is 315 cm³/mol. The van der Waals surface area contributed by atoms with Crippen LogP contribution in [0.1, 0.15) is 118 Å². The molecule has 78 heavy (non-hydrogen) atoms. The summed E-state index contributed by atoms with van der Waals surface area (Å²) in [7, 11) is 0. The first-order valence-corrected chi connectivity index (χ1v) is 27.6. The zero-order valence-corrected chi connectivity index (χ0v) is 47.0. The molecule has 0 saturated carbocycles. The Bertz CT molecular complexity index is 3360. The summed E-state index contributed by atoms with van der Waals surface area (Å²) >= 11 is 0. The van der Waals surface area contributed by atoms with Gasteiger partial charge >= 0.3 is 0 Å². The van der Waals surface area contributed by atoms with E-state index in [2.05, 4.69) is 141 Å². The first-order chi connectivity index (χ1) is 37.5. The molecule has 408 valence electrons. The van der Waals surface area contributed by atoms with Gasteiger partial charge in [0.15, 0.2) is 0 Å². The summed E-state index contributed by atoms with van der Waals surface area (Å²) in [5, 5.41) is 14.7. The van der Waals surface area contributed by atoms with Crippen LogP contribution in [-0.4, -0.2) is 93.2 Å². The number of aryl methyl sites for hydroxylation is 6. The van der Waals surface area contributed by atoms with Crippen molar-refractivity contribution in [2.45, 2.75) is 107 Å². The standard InChI is InChI=1S/2C31H38N6O2/c2*1-6-22(5)37-18-20(3)29-25(30(38)34-17-26-19(2)13-21(4)35-31(26)39)14-24(15-27(29)37)23-7-8-28(33-16-23)36-11-9-32-10-12-36/h2*7-8,13-16,18,22,32H,6,9-12,17H2,1-5H3,(H,34,38)(H,35,39)/t2*22-/m00/s1. The van der Waals surface area contributed by atoms with Gasteiger partial charge in [0, 0.05) is 169 Å².